The molecule has 3 atom stereocenters. The van der Waals surface area contributed by atoms with Gasteiger partial charge in [0, 0.05) is 12.1 Å². The highest BCUT2D eigenvalue weighted by Gasteiger charge is 2.28. The summed E-state index contributed by atoms with van der Waals surface area (Å²) in [4.78, 5) is 10.8. The van der Waals surface area contributed by atoms with Crippen molar-refractivity contribution in [2.45, 2.75) is 18.2 Å². The molecule has 0 saturated carbocycles. The van der Waals surface area contributed by atoms with Crippen molar-refractivity contribution in [3.8, 4) is 23.0 Å². The monoisotopic (exact) mass is 573 g/mol. The number of nitro benzene ring substituents is 1. The lowest BCUT2D eigenvalue weighted by Crippen LogP contribution is -2.34. The summed E-state index contributed by atoms with van der Waals surface area (Å²) in [6, 6.07) is 17.7. The fourth-order valence-electron chi connectivity index (χ4n) is 4.57. The zero-order valence-corrected chi connectivity index (χ0v) is 23.2. The first kappa shape index (κ1) is 27.4. The van der Waals surface area contributed by atoms with Crippen molar-refractivity contribution < 1.29 is 33.3 Å². The van der Waals surface area contributed by atoms with Crippen LogP contribution in [0.25, 0.3) is 6.08 Å². The van der Waals surface area contributed by atoms with Gasteiger partial charge in [0.05, 0.1) is 49.8 Å². The van der Waals surface area contributed by atoms with Gasteiger partial charge in [-0.25, -0.2) is 0 Å². The van der Waals surface area contributed by atoms with Crippen LogP contribution in [0.15, 0.2) is 78.5 Å². The molecule has 11 heteroatoms. The minimum Gasteiger partial charge on any atom is -0.493 e. The first-order valence-electron chi connectivity index (χ1n) is 13.6. The number of benzene rings is 3. The lowest BCUT2D eigenvalue weighted by Gasteiger charge is -2.27. The van der Waals surface area contributed by atoms with E-state index in [4.69, 9.17) is 28.4 Å². The average Bonchev–Trinajstić information content (AvgIpc) is 3.96. The number of ether oxygens (including phenoxy) is 6. The molecule has 6 rings (SSSR count). The van der Waals surface area contributed by atoms with E-state index in [0.29, 0.717) is 49.4 Å². The number of hydrogen-bond donors (Lipinski definition) is 1. The average molecular weight is 574 g/mol. The van der Waals surface area contributed by atoms with Crippen molar-refractivity contribution >= 4 is 17.5 Å². The number of nitrogens with one attached hydrogen (secondary N) is 1. The number of hydrogen-bond acceptors (Lipinski definition) is 10. The van der Waals surface area contributed by atoms with E-state index in [-0.39, 0.29) is 23.9 Å². The Morgan fingerprint density at radius 1 is 0.881 bits per heavy atom. The third-order valence-corrected chi connectivity index (χ3v) is 7.03. The van der Waals surface area contributed by atoms with E-state index in [9.17, 15) is 10.1 Å². The Labute approximate surface area is 243 Å². The highest BCUT2D eigenvalue weighted by Crippen LogP contribution is 2.38. The van der Waals surface area contributed by atoms with Gasteiger partial charge in [0.2, 0.25) is 0 Å². The van der Waals surface area contributed by atoms with Crippen LogP contribution in [0.2, 0.25) is 0 Å². The third-order valence-electron chi connectivity index (χ3n) is 7.03. The van der Waals surface area contributed by atoms with Gasteiger partial charge in [0.15, 0.2) is 23.0 Å². The predicted octanol–water partition coefficient (Wildman–Crippen LogP) is 4.83. The molecule has 3 aliphatic rings. The minimum absolute atomic E-state index is 0.0239. The molecule has 11 nitrogen and oxygen atoms in total. The molecule has 3 unspecified atom stereocenters. The number of nitro groups is 1. The Hall–Kier alpha value is -4.74. The number of rotatable bonds is 13. The van der Waals surface area contributed by atoms with Crippen LogP contribution in [0, 0.1) is 10.1 Å². The molecule has 0 aliphatic carbocycles. The smallest absolute Gasteiger partial charge is 0.269 e. The molecule has 0 aromatic heterocycles. The second-order valence-corrected chi connectivity index (χ2v) is 10.0. The number of anilines is 1. The summed E-state index contributed by atoms with van der Waals surface area (Å²) >= 11 is 0. The third kappa shape index (κ3) is 6.42. The quantitative estimate of drug-likeness (QED) is 0.173. The number of nitrogens with zero attached hydrogens (tertiary/aromatic N) is 2. The summed E-state index contributed by atoms with van der Waals surface area (Å²) in [5.74, 6) is 2.55. The lowest BCUT2D eigenvalue weighted by atomic mass is 10.0. The van der Waals surface area contributed by atoms with Gasteiger partial charge >= 0.3 is 0 Å². The fraction of sp³-hybridized carbons (Fsp3) is 0.290. The Morgan fingerprint density at radius 3 is 2.10 bits per heavy atom. The second-order valence-electron chi connectivity index (χ2n) is 10.0. The van der Waals surface area contributed by atoms with Crippen LogP contribution in [0.1, 0.15) is 17.2 Å². The normalized spacial score (nSPS) is 20.6. The van der Waals surface area contributed by atoms with Gasteiger partial charge in [-0.05, 0) is 59.7 Å². The summed E-state index contributed by atoms with van der Waals surface area (Å²) in [5, 5.41) is 13.2. The standard InChI is InChI=1S/C31H31N3O8/c1-37-28-11-4-20(13-30(28)41-18-25-16-39-25)3-6-22-15-27(33(32-22)23-7-9-24(10-8-23)34(35)36)21-5-12-29(38-2)31(14-21)42-19-26-17-40-26/h3-15,25-27,32H,16-19H2,1-2H3. The van der Waals surface area contributed by atoms with E-state index < -0.39 is 4.92 Å². The van der Waals surface area contributed by atoms with Crippen LogP contribution in [-0.2, 0) is 9.47 Å². The minimum atomic E-state index is -0.410. The van der Waals surface area contributed by atoms with Gasteiger partial charge < -0.3 is 28.4 Å². The maximum Gasteiger partial charge on any atom is 0.269 e. The zero-order valence-electron chi connectivity index (χ0n) is 23.2. The summed E-state index contributed by atoms with van der Waals surface area (Å²) in [6.45, 7) is 2.33. The van der Waals surface area contributed by atoms with Gasteiger partial charge in [-0.1, -0.05) is 18.2 Å². The number of hydrazine groups is 1. The molecule has 0 spiro atoms. The van der Waals surface area contributed by atoms with Crippen molar-refractivity contribution in [3.05, 3.63) is 99.8 Å². The molecule has 3 aromatic rings. The van der Waals surface area contributed by atoms with Crippen LogP contribution in [-0.4, -0.2) is 57.8 Å². The van der Waals surface area contributed by atoms with E-state index >= 15 is 0 Å². The highest BCUT2D eigenvalue weighted by molar-refractivity contribution is 5.61. The molecular formula is C31H31N3O8. The summed E-state index contributed by atoms with van der Waals surface area (Å²) in [7, 11) is 3.22. The molecule has 0 bridgehead atoms. The fourth-order valence-corrected chi connectivity index (χ4v) is 4.57. The molecule has 1 N–H and O–H groups in total. The molecule has 2 fully saturated rings. The SMILES string of the molecule is COc1ccc(C=CC2=CC(c3ccc(OC)c(OCC4CO4)c3)N(c3ccc([N+](=O)[O-])cc3)N2)cc1OCC1CO1. The van der Waals surface area contributed by atoms with Gasteiger partial charge in [0.1, 0.15) is 25.4 Å². The summed E-state index contributed by atoms with van der Waals surface area (Å²) < 4.78 is 33.4. The first-order chi connectivity index (χ1) is 20.5. The predicted molar refractivity (Wildman–Crippen MR) is 155 cm³/mol. The molecule has 2 saturated heterocycles. The maximum atomic E-state index is 11.2. The topological polar surface area (TPSA) is 120 Å². The van der Waals surface area contributed by atoms with Gasteiger partial charge in [-0.15, -0.1) is 0 Å². The molecular weight excluding hydrogens is 542 g/mol. The number of non-ortho nitro benzene ring substituents is 1. The van der Waals surface area contributed by atoms with E-state index in [2.05, 4.69) is 11.5 Å². The van der Waals surface area contributed by atoms with Gasteiger partial charge in [0.25, 0.3) is 5.69 Å². The molecule has 0 amide bonds. The van der Waals surface area contributed by atoms with Crippen molar-refractivity contribution in [2.75, 3.05) is 45.7 Å². The van der Waals surface area contributed by atoms with Crippen LogP contribution in [0.5, 0.6) is 23.0 Å². The van der Waals surface area contributed by atoms with Crippen LogP contribution in [0.3, 0.4) is 0 Å². The van der Waals surface area contributed by atoms with Crippen molar-refractivity contribution in [2.24, 2.45) is 0 Å². The van der Waals surface area contributed by atoms with Crippen molar-refractivity contribution in [1.29, 1.82) is 0 Å². The Kier molecular flexibility index (Phi) is 7.85. The van der Waals surface area contributed by atoms with Crippen molar-refractivity contribution in [1.82, 2.24) is 5.43 Å². The largest absolute Gasteiger partial charge is 0.493 e. The lowest BCUT2D eigenvalue weighted by molar-refractivity contribution is -0.384. The maximum absolute atomic E-state index is 11.2. The number of allylic oxidation sites excluding steroid dienone is 1. The molecule has 3 aromatic carbocycles. The molecule has 218 valence electrons. The molecule has 3 heterocycles. The van der Waals surface area contributed by atoms with E-state index in [0.717, 1.165) is 22.5 Å². The zero-order chi connectivity index (χ0) is 29.1. The molecule has 0 radical (unpaired) electrons. The Balaban J connectivity index is 1.28. The van der Waals surface area contributed by atoms with E-state index in [1.54, 1.807) is 26.4 Å². The molecule has 42 heavy (non-hydrogen) atoms. The summed E-state index contributed by atoms with van der Waals surface area (Å²) in [5.41, 5.74) is 6.94. The molecule has 3 aliphatic heterocycles. The van der Waals surface area contributed by atoms with Crippen LogP contribution in [0.4, 0.5) is 11.4 Å². The van der Waals surface area contributed by atoms with E-state index in [1.165, 1.54) is 12.1 Å². The summed E-state index contributed by atoms with van der Waals surface area (Å²) in [6.07, 6.45) is 6.27. The number of epoxide rings is 2. The van der Waals surface area contributed by atoms with Gasteiger partial charge in [-0.2, -0.15) is 0 Å². The highest BCUT2D eigenvalue weighted by atomic mass is 16.6. The van der Waals surface area contributed by atoms with Crippen LogP contribution >= 0.6 is 0 Å². The van der Waals surface area contributed by atoms with Crippen LogP contribution < -0.4 is 29.4 Å². The second kappa shape index (κ2) is 12.0. The number of methoxy groups -OCH3 is 2. The van der Waals surface area contributed by atoms with Crippen molar-refractivity contribution in [3.63, 3.8) is 0 Å². The Morgan fingerprint density at radius 2 is 1.50 bits per heavy atom. The van der Waals surface area contributed by atoms with E-state index in [1.807, 2.05) is 53.6 Å². The first-order valence-corrected chi connectivity index (χ1v) is 13.6. The Bertz CT molecular complexity index is 1500. The van der Waals surface area contributed by atoms with Gasteiger partial charge in [-0.3, -0.25) is 20.5 Å².